The van der Waals surface area contributed by atoms with Crippen molar-refractivity contribution in [2.75, 3.05) is 18.1 Å². The molecule has 5 heteroatoms. The van der Waals surface area contributed by atoms with Gasteiger partial charge in [0.1, 0.15) is 16.8 Å². The van der Waals surface area contributed by atoms with Gasteiger partial charge >= 0.3 is 0 Å². The van der Waals surface area contributed by atoms with Crippen LogP contribution in [0.1, 0.15) is 24.8 Å². The second-order valence-electron chi connectivity index (χ2n) is 5.46. The lowest BCUT2D eigenvalue weighted by atomic mass is 9.91. The third-order valence-electron chi connectivity index (χ3n) is 3.94. The summed E-state index contributed by atoms with van der Waals surface area (Å²) < 4.78 is 12.1. The monoisotopic (exact) mass is 309 g/mol. The highest BCUT2D eigenvalue weighted by Crippen LogP contribution is 2.39. The molecule has 0 saturated carbocycles. The van der Waals surface area contributed by atoms with Gasteiger partial charge in [0.15, 0.2) is 0 Å². The van der Waals surface area contributed by atoms with Gasteiger partial charge in [0, 0.05) is 24.2 Å². The van der Waals surface area contributed by atoms with E-state index in [2.05, 4.69) is 0 Å². The molecule has 0 bridgehead atoms. The Hall–Kier alpha value is -0.780. The minimum Gasteiger partial charge on any atom is -0.490 e. The summed E-state index contributed by atoms with van der Waals surface area (Å²) >= 11 is 6.99. The van der Waals surface area contributed by atoms with Crippen LogP contribution < -0.4 is 10.5 Å². The van der Waals surface area contributed by atoms with Crippen molar-refractivity contribution in [3.63, 3.8) is 0 Å². The van der Waals surface area contributed by atoms with Gasteiger partial charge in [-0.2, -0.15) is 11.8 Å². The van der Waals surface area contributed by atoms with Crippen molar-refractivity contribution in [3.05, 3.63) is 29.8 Å². The maximum Gasteiger partial charge on any atom is 0.120 e. The zero-order valence-corrected chi connectivity index (χ0v) is 13.0. The van der Waals surface area contributed by atoms with E-state index in [0.29, 0.717) is 4.99 Å². The molecule has 2 saturated heterocycles. The summed E-state index contributed by atoms with van der Waals surface area (Å²) in [5.74, 6) is 3.15. The van der Waals surface area contributed by atoms with Crippen molar-refractivity contribution in [2.45, 2.75) is 31.0 Å². The van der Waals surface area contributed by atoms with E-state index >= 15 is 0 Å². The molecule has 0 radical (unpaired) electrons. The summed E-state index contributed by atoms with van der Waals surface area (Å²) in [6.45, 7) is 0.792. The van der Waals surface area contributed by atoms with Crippen LogP contribution in [0.15, 0.2) is 24.3 Å². The summed E-state index contributed by atoms with van der Waals surface area (Å²) in [4.78, 5) is 0.408. The van der Waals surface area contributed by atoms with Gasteiger partial charge in [0.25, 0.3) is 0 Å². The third kappa shape index (κ3) is 3.10. The number of rotatable bonds is 3. The Morgan fingerprint density at radius 3 is 3.15 bits per heavy atom. The van der Waals surface area contributed by atoms with Crippen LogP contribution in [-0.2, 0) is 4.74 Å². The number of ether oxygens (including phenoxy) is 2. The molecule has 2 unspecified atom stereocenters. The number of hydrogen-bond acceptors (Lipinski definition) is 4. The first-order valence-electron chi connectivity index (χ1n) is 6.95. The molecular weight excluding hydrogens is 290 g/mol. The number of thiocarbonyl (C=S) groups is 1. The van der Waals surface area contributed by atoms with Gasteiger partial charge in [-0.05, 0) is 24.3 Å². The first-order chi connectivity index (χ1) is 9.67. The lowest BCUT2D eigenvalue weighted by molar-refractivity contribution is -0.0958. The smallest absolute Gasteiger partial charge is 0.120 e. The standard InChI is InChI=1S/C15H19NO2S2/c16-14(19)11-2-1-3-12(8-11)18-13-4-6-17-15(9-13)5-7-20-10-15/h1-3,8,13H,4-7,9-10H2,(H2,16,19). The molecule has 2 atom stereocenters. The molecule has 3 rings (SSSR count). The van der Waals surface area contributed by atoms with Crippen LogP contribution in [0.4, 0.5) is 0 Å². The molecule has 1 aromatic carbocycles. The molecule has 2 N–H and O–H groups in total. The molecule has 1 spiro atoms. The predicted molar refractivity (Wildman–Crippen MR) is 86.6 cm³/mol. The molecule has 108 valence electrons. The largest absolute Gasteiger partial charge is 0.490 e. The van der Waals surface area contributed by atoms with E-state index in [-0.39, 0.29) is 11.7 Å². The highest BCUT2D eigenvalue weighted by atomic mass is 32.2. The SMILES string of the molecule is NC(=S)c1cccc(OC2CCOC3(CCSC3)C2)c1. The summed E-state index contributed by atoms with van der Waals surface area (Å²) in [7, 11) is 0. The second-order valence-corrected chi connectivity index (χ2v) is 7.00. The molecule has 3 nitrogen and oxygen atoms in total. The van der Waals surface area contributed by atoms with E-state index in [0.717, 1.165) is 42.9 Å². The lowest BCUT2D eigenvalue weighted by Gasteiger charge is -2.37. The molecule has 0 aliphatic carbocycles. The minimum absolute atomic E-state index is 0.0500. The van der Waals surface area contributed by atoms with Crippen LogP contribution in [0.3, 0.4) is 0 Å². The molecule has 2 fully saturated rings. The fourth-order valence-electron chi connectivity index (χ4n) is 2.86. The quantitative estimate of drug-likeness (QED) is 0.870. The van der Waals surface area contributed by atoms with Gasteiger partial charge in [0.05, 0.1) is 12.2 Å². The number of benzene rings is 1. The van der Waals surface area contributed by atoms with Crippen LogP contribution in [-0.4, -0.2) is 34.8 Å². The van der Waals surface area contributed by atoms with Crippen LogP contribution in [0.25, 0.3) is 0 Å². The van der Waals surface area contributed by atoms with E-state index in [1.165, 1.54) is 5.75 Å². The van der Waals surface area contributed by atoms with Gasteiger partial charge in [-0.15, -0.1) is 0 Å². The number of thioether (sulfide) groups is 1. The van der Waals surface area contributed by atoms with Crippen molar-refractivity contribution >= 4 is 29.0 Å². The Morgan fingerprint density at radius 2 is 2.40 bits per heavy atom. The molecule has 0 amide bonds. The van der Waals surface area contributed by atoms with Crippen LogP contribution in [0.2, 0.25) is 0 Å². The number of nitrogens with two attached hydrogens (primary N) is 1. The highest BCUT2D eigenvalue weighted by Gasteiger charge is 2.41. The second kappa shape index (κ2) is 5.92. The molecule has 20 heavy (non-hydrogen) atoms. The van der Waals surface area contributed by atoms with Gasteiger partial charge < -0.3 is 15.2 Å². The van der Waals surface area contributed by atoms with Crippen molar-refractivity contribution in [1.82, 2.24) is 0 Å². The topological polar surface area (TPSA) is 44.5 Å². The van der Waals surface area contributed by atoms with E-state index in [9.17, 15) is 0 Å². The molecule has 2 heterocycles. The zero-order valence-electron chi connectivity index (χ0n) is 11.3. The van der Waals surface area contributed by atoms with Crippen molar-refractivity contribution in [1.29, 1.82) is 0 Å². The average molecular weight is 309 g/mol. The highest BCUT2D eigenvalue weighted by molar-refractivity contribution is 7.99. The Bertz CT molecular complexity index is 500. The van der Waals surface area contributed by atoms with E-state index in [4.69, 9.17) is 27.4 Å². The maximum absolute atomic E-state index is 6.13. The van der Waals surface area contributed by atoms with Gasteiger partial charge in [-0.1, -0.05) is 24.4 Å². The molecular formula is C15H19NO2S2. The normalized spacial score (nSPS) is 29.5. The third-order valence-corrected chi connectivity index (χ3v) is 5.39. The Kier molecular flexibility index (Phi) is 4.19. The minimum atomic E-state index is 0.0500. The number of hydrogen-bond donors (Lipinski definition) is 1. The summed E-state index contributed by atoms with van der Waals surface area (Å²) in [5.41, 5.74) is 6.57. The van der Waals surface area contributed by atoms with Crippen molar-refractivity contribution in [3.8, 4) is 5.75 Å². The lowest BCUT2D eigenvalue weighted by Crippen LogP contribution is -2.43. The summed E-state index contributed by atoms with van der Waals surface area (Å²) in [5, 5.41) is 0. The summed E-state index contributed by atoms with van der Waals surface area (Å²) in [6, 6.07) is 7.74. The first-order valence-corrected chi connectivity index (χ1v) is 8.51. The fraction of sp³-hybridized carbons (Fsp3) is 0.533. The van der Waals surface area contributed by atoms with E-state index < -0.39 is 0 Å². The van der Waals surface area contributed by atoms with E-state index in [1.807, 2.05) is 36.0 Å². The molecule has 0 aromatic heterocycles. The fourth-order valence-corrected chi connectivity index (χ4v) is 4.37. The maximum atomic E-state index is 6.13. The average Bonchev–Trinajstić information content (AvgIpc) is 2.87. The Morgan fingerprint density at radius 1 is 1.50 bits per heavy atom. The Labute approximate surface area is 129 Å². The van der Waals surface area contributed by atoms with Crippen molar-refractivity contribution < 1.29 is 9.47 Å². The first kappa shape index (κ1) is 14.2. The predicted octanol–water partition coefficient (Wildman–Crippen LogP) is 2.75. The van der Waals surface area contributed by atoms with Gasteiger partial charge in [-0.3, -0.25) is 0 Å². The zero-order chi connectivity index (χ0) is 14.0. The molecule has 2 aliphatic rings. The van der Waals surface area contributed by atoms with Crippen LogP contribution >= 0.6 is 24.0 Å². The van der Waals surface area contributed by atoms with E-state index in [1.54, 1.807) is 0 Å². The van der Waals surface area contributed by atoms with Gasteiger partial charge in [0.2, 0.25) is 0 Å². The van der Waals surface area contributed by atoms with Crippen LogP contribution in [0.5, 0.6) is 5.75 Å². The summed E-state index contributed by atoms with van der Waals surface area (Å²) in [6.07, 6.45) is 3.30. The van der Waals surface area contributed by atoms with Gasteiger partial charge in [-0.25, -0.2) is 0 Å². The Balaban J connectivity index is 1.68. The van der Waals surface area contributed by atoms with Crippen molar-refractivity contribution in [2.24, 2.45) is 5.73 Å². The van der Waals surface area contributed by atoms with Crippen LogP contribution in [0, 0.1) is 0 Å². The molecule has 1 aromatic rings. The molecule has 2 aliphatic heterocycles.